The minimum absolute atomic E-state index is 0.0538. The molecule has 2 bridgehead atoms. The van der Waals surface area contributed by atoms with Gasteiger partial charge in [-0.2, -0.15) is 9.97 Å². The highest BCUT2D eigenvalue weighted by Crippen LogP contribution is 2.40. The molecule has 0 spiro atoms. The van der Waals surface area contributed by atoms with Gasteiger partial charge in [-0.05, 0) is 73.8 Å². The summed E-state index contributed by atoms with van der Waals surface area (Å²) >= 11 is 0. The molecule has 212 valence electrons. The van der Waals surface area contributed by atoms with Crippen LogP contribution in [-0.4, -0.2) is 87.5 Å². The smallest absolute Gasteiger partial charge is 0.407 e. The Morgan fingerprint density at radius 2 is 1.80 bits per heavy atom. The van der Waals surface area contributed by atoms with E-state index in [4.69, 9.17) is 9.72 Å². The molecule has 3 fully saturated rings. The molecule has 10 heteroatoms. The predicted octanol–water partition coefficient (Wildman–Crippen LogP) is 5.10. The molecule has 4 aromatic rings. The highest BCUT2D eigenvalue weighted by molar-refractivity contribution is 6.01. The molecule has 2 N–H and O–H groups in total. The number of aromatic hydroxyl groups is 1. The van der Waals surface area contributed by atoms with Crippen molar-refractivity contribution in [3.05, 3.63) is 54.3 Å². The average Bonchev–Trinajstić information content (AvgIpc) is 3.50. The van der Waals surface area contributed by atoms with Crippen molar-refractivity contribution >= 4 is 33.6 Å². The maximum Gasteiger partial charge on any atom is 0.407 e. The van der Waals surface area contributed by atoms with Crippen molar-refractivity contribution in [2.75, 3.05) is 38.2 Å². The van der Waals surface area contributed by atoms with Gasteiger partial charge in [-0.25, -0.2) is 9.18 Å². The highest BCUT2D eigenvalue weighted by atomic mass is 19.1. The number of phenolic OH excluding ortho intramolecular Hbond substituents is 1. The predicted molar refractivity (Wildman–Crippen MR) is 154 cm³/mol. The van der Waals surface area contributed by atoms with Crippen LogP contribution in [0.1, 0.15) is 25.7 Å². The van der Waals surface area contributed by atoms with Crippen molar-refractivity contribution in [2.45, 2.75) is 43.8 Å². The quantitative estimate of drug-likeness (QED) is 0.350. The lowest BCUT2D eigenvalue weighted by Crippen LogP contribution is -2.55. The molecule has 9 nitrogen and oxygen atoms in total. The van der Waals surface area contributed by atoms with Gasteiger partial charge in [0.15, 0.2) is 5.82 Å². The molecule has 0 saturated carbocycles. The summed E-state index contributed by atoms with van der Waals surface area (Å²) < 4.78 is 22.7. The number of aromatic nitrogens is 2. The van der Waals surface area contributed by atoms with Crippen molar-refractivity contribution in [1.29, 1.82) is 0 Å². The van der Waals surface area contributed by atoms with E-state index in [1.165, 1.54) is 0 Å². The third kappa shape index (κ3) is 4.46. The van der Waals surface area contributed by atoms with Crippen molar-refractivity contribution in [3.8, 4) is 22.9 Å². The minimum Gasteiger partial charge on any atom is -0.508 e. The van der Waals surface area contributed by atoms with Crippen LogP contribution in [0.4, 0.5) is 15.0 Å². The summed E-state index contributed by atoms with van der Waals surface area (Å²) in [5, 5.41) is 22.3. The number of rotatable bonds is 5. The van der Waals surface area contributed by atoms with Crippen LogP contribution >= 0.6 is 0 Å². The molecule has 0 radical (unpaired) electrons. The number of likely N-dealkylation sites (tertiary alicyclic amines) is 1. The fraction of sp³-hybridized carbons (Fsp3) is 0.387. The van der Waals surface area contributed by atoms with Gasteiger partial charge in [0.05, 0.1) is 12.1 Å². The number of phenols is 1. The number of likely N-dealkylation sites (N-methyl/N-ethyl adjacent to an activating group) is 1. The van der Waals surface area contributed by atoms with Crippen LogP contribution in [0.2, 0.25) is 0 Å². The zero-order valence-corrected chi connectivity index (χ0v) is 22.8. The van der Waals surface area contributed by atoms with E-state index in [0.29, 0.717) is 42.0 Å². The van der Waals surface area contributed by atoms with Crippen molar-refractivity contribution < 1.29 is 24.1 Å². The first-order valence-corrected chi connectivity index (χ1v) is 14.2. The van der Waals surface area contributed by atoms with Gasteiger partial charge in [0.25, 0.3) is 0 Å². The molecule has 3 aliphatic rings. The maximum atomic E-state index is 16.5. The van der Waals surface area contributed by atoms with Crippen LogP contribution in [0.25, 0.3) is 32.8 Å². The van der Waals surface area contributed by atoms with Gasteiger partial charge in [-0.3, -0.25) is 4.90 Å². The van der Waals surface area contributed by atoms with E-state index >= 15 is 4.39 Å². The SMILES string of the molecule is CN1CCC[C@H]1COc1nc(N2CC3CCC(C2)N3C(=O)O)c2ccc(-c3cc(O)cc4ccccc34)c(F)c2n1. The van der Waals surface area contributed by atoms with E-state index in [9.17, 15) is 15.0 Å². The van der Waals surface area contributed by atoms with Crippen LogP contribution in [0.3, 0.4) is 0 Å². The van der Waals surface area contributed by atoms with Crippen molar-refractivity contribution in [3.63, 3.8) is 0 Å². The van der Waals surface area contributed by atoms with E-state index in [1.54, 1.807) is 23.1 Å². The van der Waals surface area contributed by atoms with Gasteiger partial charge in [0.2, 0.25) is 0 Å². The fourth-order valence-electron chi connectivity index (χ4n) is 6.91. The number of amides is 1. The van der Waals surface area contributed by atoms with Crippen molar-refractivity contribution in [2.24, 2.45) is 0 Å². The van der Waals surface area contributed by atoms with Crippen LogP contribution in [0.15, 0.2) is 48.5 Å². The topological polar surface area (TPSA) is 102 Å². The molecule has 1 aromatic heterocycles. The number of benzene rings is 3. The lowest BCUT2D eigenvalue weighted by molar-refractivity contribution is 0.114. The number of fused-ring (bicyclic) bond motifs is 4. The van der Waals surface area contributed by atoms with Crippen LogP contribution in [0, 0.1) is 5.82 Å². The van der Waals surface area contributed by atoms with E-state index in [0.717, 1.165) is 43.0 Å². The Kier molecular flexibility index (Phi) is 6.30. The molecule has 2 unspecified atom stereocenters. The number of carboxylic acid groups (broad SMARTS) is 1. The second kappa shape index (κ2) is 10.0. The first-order valence-electron chi connectivity index (χ1n) is 14.2. The van der Waals surface area contributed by atoms with Crippen LogP contribution in [-0.2, 0) is 0 Å². The molecule has 41 heavy (non-hydrogen) atoms. The largest absolute Gasteiger partial charge is 0.508 e. The summed E-state index contributed by atoms with van der Waals surface area (Å²) in [6.45, 7) is 2.35. The Labute approximate surface area is 236 Å². The van der Waals surface area contributed by atoms with Gasteiger partial charge >= 0.3 is 12.1 Å². The van der Waals surface area contributed by atoms with Crippen LogP contribution < -0.4 is 9.64 Å². The Balaban J connectivity index is 1.34. The molecule has 1 amide bonds. The number of anilines is 1. The number of carbonyl (C=O) groups is 1. The molecular weight excluding hydrogens is 525 g/mol. The number of nitrogens with zero attached hydrogens (tertiary/aromatic N) is 5. The summed E-state index contributed by atoms with van der Waals surface area (Å²) in [6, 6.07) is 14.4. The summed E-state index contributed by atoms with van der Waals surface area (Å²) in [7, 11) is 2.07. The molecule has 3 aromatic carbocycles. The van der Waals surface area contributed by atoms with Gasteiger partial charge in [-0.15, -0.1) is 0 Å². The molecule has 3 saturated heterocycles. The summed E-state index contributed by atoms with van der Waals surface area (Å²) in [5.74, 6) is 0.0906. The normalized spacial score (nSPS) is 22.6. The zero-order chi connectivity index (χ0) is 28.2. The van der Waals surface area contributed by atoms with Gasteiger partial charge < -0.3 is 24.7 Å². The molecule has 3 atom stereocenters. The Morgan fingerprint density at radius 1 is 1.02 bits per heavy atom. The standard InChI is InChI=1S/C31H32FN5O4/c1-35-12-4-6-21(35)17-41-30-33-28-25(29(34-30)36-15-19-8-9-20(16-36)37(19)31(39)40)11-10-24(27(28)32)26-14-22(38)13-18-5-2-3-7-23(18)26/h2-3,5,7,10-11,13-14,19-21,38H,4,6,8-9,12,15-17H2,1H3,(H,39,40)/t19?,20?,21-/m0/s1. The summed E-state index contributed by atoms with van der Waals surface area (Å²) in [4.78, 5) is 27.1. The third-order valence-electron chi connectivity index (χ3n) is 8.98. The number of piperazine rings is 1. The first kappa shape index (κ1) is 25.8. The van der Waals surface area contributed by atoms with Gasteiger partial charge in [0.1, 0.15) is 23.7 Å². The Morgan fingerprint density at radius 3 is 2.54 bits per heavy atom. The second-order valence-electron chi connectivity index (χ2n) is 11.4. The van der Waals surface area contributed by atoms with Crippen LogP contribution in [0.5, 0.6) is 11.8 Å². The monoisotopic (exact) mass is 557 g/mol. The Bertz CT molecular complexity index is 1650. The third-order valence-corrected chi connectivity index (χ3v) is 8.98. The number of hydrogen-bond donors (Lipinski definition) is 2. The zero-order valence-electron chi connectivity index (χ0n) is 22.8. The number of hydrogen-bond acceptors (Lipinski definition) is 7. The fourth-order valence-corrected chi connectivity index (χ4v) is 6.91. The minimum atomic E-state index is -0.900. The van der Waals surface area contributed by atoms with Gasteiger partial charge in [-0.1, -0.05) is 30.3 Å². The van der Waals surface area contributed by atoms with E-state index in [1.807, 2.05) is 30.3 Å². The lowest BCUT2D eigenvalue weighted by atomic mass is 9.96. The lowest BCUT2D eigenvalue weighted by Gasteiger charge is -2.40. The van der Waals surface area contributed by atoms with E-state index in [2.05, 4.69) is 21.8 Å². The molecule has 4 heterocycles. The van der Waals surface area contributed by atoms with Gasteiger partial charge in [0, 0.05) is 30.1 Å². The second-order valence-corrected chi connectivity index (χ2v) is 11.4. The van der Waals surface area contributed by atoms with Crippen molar-refractivity contribution in [1.82, 2.24) is 19.8 Å². The van der Waals surface area contributed by atoms with E-state index < -0.39 is 11.9 Å². The first-order chi connectivity index (χ1) is 19.9. The average molecular weight is 558 g/mol. The maximum absolute atomic E-state index is 16.5. The Hall–Kier alpha value is -4.18. The number of ether oxygens (including phenoxy) is 1. The molecule has 7 rings (SSSR count). The summed E-state index contributed by atoms with van der Waals surface area (Å²) in [6.07, 6.45) is 2.79. The highest BCUT2D eigenvalue weighted by Gasteiger charge is 2.43. The molecule has 0 aliphatic carbocycles. The summed E-state index contributed by atoms with van der Waals surface area (Å²) in [5.41, 5.74) is 1.04. The van der Waals surface area contributed by atoms with E-state index in [-0.39, 0.29) is 35.4 Å². The molecule has 3 aliphatic heterocycles. The molecular formula is C31H32FN5O4. The number of halogens is 1.